The lowest BCUT2D eigenvalue weighted by atomic mass is 10.1. The normalized spacial score (nSPS) is 11.9. The summed E-state index contributed by atoms with van der Waals surface area (Å²) in [5, 5.41) is 0. The number of ether oxygens (including phenoxy) is 1. The van der Waals surface area contributed by atoms with Gasteiger partial charge in [-0.05, 0) is 39.0 Å². The molecule has 0 amide bonds. The van der Waals surface area contributed by atoms with E-state index in [0.29, 0.717) is 12.1 Å². The van der Waals surface area contributed by atoms with Crippen LogP contribution in [0.25, 0.3) is 11.0 Å². The minimum Gasteiger partial charge on any atom is -0.456 e. The van der Waals surface area contributed by atoms with Crippen LogP contribution in [-0.4, -0.2) is 30.7 Å². The van der Waals surface area contributed by atoms with E-state index < -0.39 is 5.60 Å². The molecule has 0 unspecified atom stereocenters. The summed E-state index contributed by atoms with van der Waals surface area (Å²) in [4.78, 5) is 21.3. The van der Waals surface area contributed by atoms with E-state index in [1.54, 1.807) is 18.3 Å². The molecule has 0 bridgehead atoms. The van der Waals surface area contributed by atoms with E-state index in [1.807, 2.05) is 49.2 Å². The second kappa shape index (κ2) is 6.52. The van der Waals surface area contributed by atoms with Gasteiger partial charge in [0.05, 0.1) is 29.0 Å². The molecule has 6 nitrogen and oxygen atoms in total. The van der Waals surface area contributed by atoms with Crippen molar-refractivity contribution in [2.24, 2.45) is 7.05 Å². The lowest BCUT2D eigenvalue weighted by Gasteiger charge is -2.19. The minimum absolute atomic E-state index is 0.279. The molecule has 3 aromatic rings. The number of aromatic nitrogens is 4. The van der Waals surface area contributed by atoms with E-state index >= 15 is 0 Å². The number of hydrogen-bond acceptors (Lipinski definition) is 4. The number of alkyl halides is 1. The van der Waals surface area contributed by atoms with E-state index in [2.05, 4.69) is 9.97 Å². The van der Waals surface area contributed by atoms with Gasteiger partial charge in [0.2, 0.25) is 0 Å². The van der Waals surface area contributed by atoms with Gasteiger partial charge in [-0.1, -0.05) is 0 Å². The van der Waals surface area contributed by atoms with Crippen LogP contribution in [0.3, 0.4) is 0 Å². The van der Waals surface area contributed by atoms with Gasteiger partial charge in [0.15, 0.2) is 0 Å². The SMILES string of the molecule is Cn1ccnc1Cn1c(CCl)nc2ccc(C(=O)OC(C)(C)C)cc21. The third-order valence-corrected chi connectivity index (χ3v) is 4.04. The molecule has 7 heteroatoms. The maximum Gasteiger partial charge on any atom is 0.338 e. The fourth-order valence-corrected chi connectivity index (χ4v) is 2.81. The van der Waals surface area contributed by atoms with Gasteiger partial charge in [-0.3, -0.25) is 0 Å². The van der Waals surface area contributed by atoms with Crippen LogP contribution in [0.1, 0.15) is 42.8 Å². The lowest BCUT2D eigenvalue weighted by Crippen LogP contribution is -2.23. The number of carbonyl (C=O) groups excluding carboxylic acids is 1. The number of esters is 1. The first-order valence-corrected chi connectivity index (χ1v) is 8.56. The Balaban J connectivity index is 2.04. The van der Waals surface area contributed by atoms with Gasteiger partial charge in [-0.15, -0.1) is 11.6 Å². The lowest BCUT2D eigenvalue weighted by molar-refractivity contribution is 0.00697. The molecule has 2 heterocycles. The van der Waals surface area contributed by atoms with Crippen molar-refractivity contribution in [3.8, 4) is 0 Å². The highest BCUT2D eigenvalue weighted by atomic mass is 35.5. The number of benzene rings is 1. The molecular formula is C18H21ClN4O2. The Morgan fingerprint density at radius 1 is 1.28 bits per heavy atom. The molecule has 0 aliphatic carbocycles. The molecule has 3 rings (SSSR count). The van der Waals surface area contributed by atoms with Crippen LogP contribution < -0.4 is 0 Å². The van der Waals surface area contributed by atoms with Crippen LogP contribution in [0.4, 0.5) is 0 Å². The van der Waals surface area contributed by atoms with Gasteiger partial charge in [0, 0.05) is 19.4 Å². The molecular weight excluding hydrogens is 340 g/mol. The van der Waals surface area contributed by atoms with Gasteiger partial charge in [-0.2, -0.15) is 0 Å². The van der Waals surface area contributed by atoms with Crippen molar-refractivity contribution >= 4 is 28.6 Å². The Kier molecular flexibility index (Phi) is 4.56. The summed E-state index contributed by atoms with van der Waals surface area (Å²) in [6.45, 7) is 6.07. The van der Waals surface area contributed by atoms with Crippen molar-refractivity contribution in [2.45, 2.75) is 38.8 Å². The van der Waals surface area contributed by atoms with Crippen molar-refractivity contribution in [1.29, 1.82) is 0 Å². The predicted octanol–water partition coefficient (Wildman–Crippen LogP) is 3.51. The van der Waals surface area contributed by atoms with Crippen molar-refractivity contribution in [2.75, 3.05) is 0 Å². The first-order chi connectivity index (χ1) is 11.8. The maximum atomic E-state index is 12.4. The highest BCUT2D eigenvalue weighted by molar-refractivity contribution is 6.16. The summed E-state index contributed by atoms with van der Waals surface area (Å²) in [6.07, 6.45) is 3.64. The molecule has 0 radical (unpaired) electrons. The third kappa shape index (κ3) is 3.69. The number of rotatable bonds is 4. The average molecular weight is 361 g/mol. The molecule has 0 N–H and O–H groups in total. The number of imidazole rings is 2. The molecule has 0 spiro atoms. The molecule has 0 saturated heterocycles. The fourth-order valence-electron chi connectivity index (χ4n) is 2.61. The highest BCUT2D eigenvalue weighted by Gasteiger charge is 2.20. The van der Waals surface area contributed by atoms with Gasteiger partial charge < -0.3 is 13.9 Å². The molecule has 0 aliphatic heterocycles. The van der Waals surface area contributed by atoms with Crippen LogP contribution in [0.2, 0.25) is 0 Å². The average Bonchev–Trinajstić information content (AvgIpc) is 3.09. The van der Waals surface area contributed by atoms with Crippen LogP contribution >= 0.6 is 11.6 Å². The molecule has 25 heavy (non-hydrogen) atoms. The number of aryl methyl sites for hydroxylation is 1. The standard InChI is InChI=1S/C18H21ClN4O2/c1-18(2,3)25-17(24)12-5-6-13-14(9-12)23(15(10-19)21-13)11-16-20-7-8-22(16)4/h5-9H,10-11H2,1-4H3. The third-order valence-electron chi connectivity index (χ3n) is 3.80. The first kappa shape index (κ1) is 17.5. The summed E-state index contributed by atoms with van der Waals surface area (Å²) in [5.41, 5.74) is 1.57. The van der Waals surface area contributed by atoms with Crippen molar-refractivity contribution in [1.82, 2.24) is 19.1 Å². The summed E-state index contributed by atoms with van der Waals surface area (Å²) in [5.74, 6) is 1.54. The Labute approximate surface area is 151 Å². The summed E-state index contributed by atoms with van der Waals surface area (Å²) in [7, 11) is 1.94. The topological polar surface area (TPSA) is 61.9 Å². The zero-order chi connectivity index (χ0) is 18.2. The van der Waals surface area contributed by atoms with Crippen molar-refractivity contribution in [3.63, 3.8) is 0 Å². The Morgan fingerprint density at radius 3 is 2.64 bits per heavy atom. The minimum atomic E-state index is -0.541. The fraction of sp³-hybridized carbons (Fsp3) is 0.389. The van der Waals surface area contributed by atoms with E-state index in [0.717, 1.165) is 22.7 Å². The van der Waals surface area contributed by atoms with E-state index in [4.69, 9.17) is 16.3 Å². The van der Waals surface area contributed by atoms with Gasteiger partial charge in [-0.25, -0.2) is 14.8 Å². The number of fused-ring (bicyclic) bond motifs is 1. The second-order valence-corrected chi connectivity index (χ2v) is 7.17. The molecule has 132 valence electrons. The van der Waals surface area contributed by atoms with Gasteiger partial charge >= 0.3 is 5.97 Å². The van der Waals surface area contributed by atoms with E-state index in [1.165, 1.54) is 0 Å². The summed E-state index contributed by atoms with van der Waals surface area (Å²) >= 11 is 6.07. The Hall–Kier alpha value is -2.34. The molecule has 2 aromatic heterocycles. The van der Waals surface area contributed by atoms with Crippen LogP contribution in [0.15, 0.2) is 30.6 Å². The zero-order valence-corrected chi connectivity index (χ0v) is 15.5. The summed E-state index contributed by atoms with van der Waals surface area (Å²) < 4.78 is 9.39. The van der Waals surface area contributed by atoms with Gasteiger partial charge in [0.1, 0.15) is 17.2 Å². The number of nitrogens with zero attached hydrogens (tertiary/aromatic N) is 4. The van der Waals surface area contributed by atoms with Gasteiger partial charge in [0.25, 0.3) is 0 Å². The Morgan fingerprint density at radius 2 is 2.04 bits per heavy atom. The Bertz CT molecular complexity index is 921. The number of carbonyl (C=O) groups is 1. The van der Waals surface area contributed by atoms with Crippen molar-refractivity contribution in [3.05, 3.63) is 47.8 Å². The molecule has 0 fully saturated rings. The largest absolute Gasteiger partial charge is 0.456 e. The van der Waals surface area contributed by atoms with Crippen LogP contribution in [0.5, 0.6) is 0 Å². The molecule has 0 atom stereocenters. The number of hydrogen-bond donors (Lipinski definition) is 0. The monoisotopic (exact) mass is 360 g/mol. The first-order valence-electron chi connectivity index (χ1n) is 8.03. The summed E-state index contributed by atoms with van der Waals surface area (Å²) in [6, 6.07) is 5.35. The predicted molar refractivity (Wildman–Crippen MR) is 96.8 cm³/mol. The van der Waals surface area contributed by atoms with E-state index in [9.17, 15) is 4.79 Å². The molecule has 0 saturated carbocycles. The number of halogens is 1. The maximum absolute atomic E-state index is 12.4. The quantitative estimate of drug-likeness (QED) is 0.527. The molecule has 1 aromatic carbocycles. The van der Waals surface area contributed by atoms with Crippen LogP contribution in [0, 0.1) is 0 Å². The highest BCUT2D eigenvalue weighted by Crippen LogP contribution is 2.22. The van der Waals surface area contributed by atoms with E-state index in [-0.39, 0.29) is 11.8 Å². The second-order valence-electron chi connectivity index (χ2n) is 6.91. The smallest absolute Gasteiger partial charge is 0.338 e. The molecule has 0 aliphatic rings. The van der Waals surface area contributed by atoms with Crippen LogP contribution in [-0.2, 0) is 24.2 Å². The zero-order valence-electron chi connectivity index (χ0n) is 14.8. The van der Waals surface area contributed by atoms with Crippen molar-refractivity contribution < 1.29 is 9.53 Å².